The van der Waals surface area contributed by atoms with Crippen molar-refractivity contribution in [1.82, 2.24) is 4.90 Å². The third-order valence-electron chi connectivity index (χ3n) is 5.58. The Labute approximate surface area is 175 Å². The first kappa shape index (κ1) is 22.6. The highest BCUT2D eigenvalue weighted by Gasteiger charge is 2.82. The van der Waals surface area contributed by atoms with E-state index in [0.717, 1.165) is 25.7 Å². The second-order valence-electron chi connectivity index (χ2n) is 7.30. The van der Waals surface area contributed by atoms with Crippen LogP contribution < -0.4 is 11.5 Å². The van der Waals surface area contributed by atoms with Crippen LogP contribution in [0.5, 0.6) is 0 Å². The number of amidine groups is 2. The summed E-state index contributed by atoms with van der Waals surface area (Å²) in [7, 11) is 0. The molecule has 3 heterocycles. The molecule has 0 aliphatic carbocycles. The van der Waals surface area contributed by atoms with Crippen LogP contribution in [0.3, 0.4) is 0 Å². The molecule has 0 aromatic rings. The van der Waals surface area contributed by atoms with Crippen molar-refractivity contribution in [2.75, 3.05) is 13.3 Å². The normalized spacial score (nSPS) is 37.3. The van der Waals surface area contributed by atoms with Crippen LogP contribution in [0.1, 0.15) is 20.8 Å². The Balaban J connectivity index is 2.32. The Kier molecular flexibility index (Phi) is 5.02. The van der Waals surface area contributed by atoms with Crippen molar-refractivity contribution in [1.29, 1.82) is 0 Å². The molecule has 3 aliphatic heterocycles. The van der Waals surface area contributed by atoms with E-state index in [1.807, 2.05) is 0 Å². The lowest BCUT2D eigenvalue weighted by atomic mass is 9.69. The van der Waals surface area contributed by atoms with Gasteiger partial charge in [0, 0.05) is 0 Å². The number of halogens is 1. The molecule has 7 N–H and O–H groups in total. The molecular formula is C16H21ClN6O7. The van der Waals surface area contributed by atoms with Crippen molar-refractivity contribution in [2.45, 2.75) is 49.6 Å². The van der Waals surface area contributed by atoms with Gasteiger partial charge in [-0.2, -0.15) is 4.99 Å². The Morgan fingerprint density at radius 3 is 2.27 bits per heavy atom. The molecule has 0 spiro atoms. The highest BCUT2D eigenvalue weighted by molar-refractivity contribution is 6.68. The van der Waals surface area contributed by atoms with Gasteiger partial charge in [0.15, 0.2) is 28.8 Å². The molecule has 3 rings (SSSR count). The van der Waals surface area contributed by atoms with Gasteiger partial charge in [0.05, 0.1) is 6.61 Å². The van der Waals surface area contributed by atoms with E-state index in [1.165, 1.54) is 0 Å². The molecule has 30 heavy (non-hydrogen) atoms. The van der Waals surface area contributed by atoms with Gasteiger partial charge in [-0.1, -0.05) is 0 Å². The molecule has 3 aliphatic rings. The van der Waals surface area contributed by atoms with Gasteiger partial charge >= 0.3 is 0 Å². The first-order chi connectivity index (χ1) is 13.7. The molecule has 0 bridgehead atoms. The quantitative estimate of drug-likeness (QED) is 0.209. The molecule has 0 aromatic carbocycles. The van der Waals surface area contributed by atoms with Crippen molar-refractivity contribution in [2.24, 2.45) is 26.4 Å². The van der Waals surface area contributed by atoms with E-state index in [0.29, 0.717) is 0 Å². The zero-order valence-electron chi connectivity index (χ0n) is 16.3. The number of fused-ring (bicyclic) bond motifs is 1. The fourth-order valence-corrected chi connectivity index (χ4v) is 4.42. The van der Waals surface area contributed by atoms with Crippen LogP contribution in [0.2, 0.25) is 0 Å². The van der Waals surface area contributed by atoms with Crippen molar-refractivity contribution >= 4 is 45.8 Å². The lowest BCUT2D eigenvalue weighted by molar-refractivity contribution is -0.210. The molecule has 0 unspecified atom stereocenters. The van der Waals surface area contributed by atoms with Crippen molar-refractivity contribution in [3.8, 4) is 0 Å². The number of aliphatic hydroxyl groups is 3. The van der Waals surface area contributed by atoms with Gasteiger partial charge in [-0.25, -0.2) is 4.99 Å². The van der Waals surface area contributed by atoms with Crippen LogP contribution in [0.4, 0.5) is 0 Å². The minimum Gasteiger partial charge on any atom is -0.394 e. The summed E-state index contributed by atoms with van der Waals surface area (Å²) in [6.07, 6.45) is -1.84. The molecule has 0 radical (unpaired) electrons. The molecule has 13 nitrogen and oxygen atoms in total. The summed E-state index contributed by atoms with van der Waals surface area (Å²) in [4.78, 5) is 50.7. The molecule has 14 heteroatoms. The zero-order valence-corrected chi connectivity index (χ0v) is 17.0. The molecule has 1 saturated heterocycles. The summed E-state index contributed by atoms with van der Waals surface area (Å²) in [5.41, 5.74) is 2.77. The van der Waals surface area contributed by atoms with Gasteiger partial charge in [0.2, 0.25) is 22.4 Å². The van der Waals surface area contributed by atoms with E-state index >= 15 is 0 Å². The fraction of sp³-hybridized carbons (Fsp3) is 0.625. The van der Waals surface area contributed by atoms with E-state index in [2.05, 4.69) is 15.0 Å². The van der Waals surface area contributed by atoms with Crippen LogP contribution in [0.25, 0.3) is 0 Å². The number of ether oxygens (including phenoxy) is 1. The number of carbonyl (C=O) groups excluding carboxylic acids is 3. The lowest BCUT2D eigenvalue weighted by Crippen LogP contribution is -2.77. The number of hydrogen-bond acceptors (Lipinski definition) is 13. The third kappa shape index (κ3) is 2.45. The molecule has 0 aromatic heterocycles. The van der Waals surface area contributed by atoms with Crippen molar-refractivity contribution in [3.63, 3.8) is 0 Å². The number of ketones is 3. The second-order valence-corrected chi connectivity index (χ2v) is 7.63. The smallest absolute Gasteiger partial charge is 0.244 e. The predicted molar refractivity (Wildman–Crippen MR) is 103 cm³/mol. The van der Waals surface area contributed by atoms with Gasteiger partial charge in [-0.15, -0.1) is 0 Å². The maximum Gasteiger partial charge on any atom is 0.244 e. The average molecular weight is 445 g/mol. The van der Waals surface area contributed by atoms with E-state index < -0.39 is 64.7 Å². The molecule has 1 fully saturated rings. The Hall–Kier alpha value is -2.13. The van der Waals surface area contributed by atoms with Gasteiger partial charge in [-0.3, -0.25) is 35.7 Å². The Bertz CT molecular complexity index is 948. The number of Topliss-reactive ketones (excluding diaryl/α,β-unsaturated/α-hetero) is 3. The zero-order chi connectivity index (χ0) is 22.9. The SMILES string of the molecule is CC(=O)[C@@]1(O)[C@@](O)(C(C)=O)[C@@H](CO)O[C@@]1(C(C)=O)N1CN=C2C1=NC(Cl)=NC2(N)N. The topological polar surface area (TPSA) is 213 Å². The number of rotatable bonds is 5. The van der Waals surface area contributed by atoms with E-state index in [-0.39, 0.29) is 11.5 Å². The first-order valence-corrected chi connectivity index (χ1v) is 9.10. The summed E-state index contributed by atoms with van der Waals surface area (Å²) < 4.78 is 5.62. The van der Waals surface area contributed by atoms with E-state index in [4.69, 9.17) is 27.8 Å². The molecule has 0 saturated carbocycles. The number of carbonyl (C=O) groups is 3. The van der Waals surface area contributed by atoms with Gasteiger partial charge in [0.25, 0.3) is 0 Å². The summed E-state index contributed by atoms with van der Waals surface area (Å²) in [6, 6.07) is 0. The van der Waals surface area contributed by atoms with Gasteiger partial charge in [0.1, 0.15) is 18.5 Å². The highest BCUT2D eigenvalue weighted by Crippen LogP contribution is 2.51. The van der Waals surface area contributed by atoms with Crippen LogP contribution in [0.15, 0.2) is 15.0 Å². The number of aliphatic imine (C=N–C) groups is 3. The van der Waals surface area contributed by atoms with Gasteiger partial charge < -0.3 is 20.1 Å². The molecule has 4 atom stereocenters. The predicted octanol–water partition coefficient (Wildman–Crippen LogP) is -3.40. The van der Waals surface area contributed by atoms with Crippen molar-refractivity contribution < 1.29 is 34.4 Å². The highest BCUT2D eigenvalue weighted by atomic mass is 35.5. The summed E-state index contributed by atoms with van der Waals surface area (Å²) >= 11 is 5.88. The minimum atomic E-state index is -3.16. The molecule has 164 valence electrons. The van der Waals surface area contributed by atoms with Crippen LogP contribution >= 0.6 is 11.6 Å². The summed E-state index contributed by atoms with van der Waals surface area (Å²) in [6.45, 7) is 1.23. The molecular weight excluding hydrogens is 424 g/mol. The van der Waals surface area contributed by atoms with E-state index in [9.17, 15) is 29.7 Å². The Morgan fingerprint density at radius 1 is 1.20 bits per heavy atom. The van der Waals surface area contributed by atoms with Crippen LogP contribution in [0, 0.1) is 0 Å². The summed E-state index contributed by atoms with van der Waals surface area (Å²) in [5.74, 6) is -5.48. The molecule has 0 amide bonds. The second kappa shape index (κ2) is 6.68. The number of nitrogens with zero attached hydrogens (tertiary/aromatic N) is 4. The Morgan fingerprint density at radius 2 is 1.80 bits per heavy atom. The van der Waals surface area contributed by atoms with E-state index in [1.54, 1.807) is 0 Å². The van der Waals surface area contributed by atoms with Crippen LogP contribution in [-0.4, -0.2) is 96.5 Å². The number of hydrogen-bond donors (Lipinski definition) is 5. The maximum absolute atomic E-state index is 12.9. The number of aliphatic hydroxyl groups excluding tert-OH is 1. The monoisotopic (exact) mass is 444 g/mol. The lowest BCUT2D eigenvalue weighted by Gasteiger charge is -2.47. The van der Waals surface area contributed by atoms with Crippen LogP contribution in [-0.2, 0) is 19.1 Å². The number of nitrogens with two attached hydrogens (primary N) is 2. The standard InChI is InChI=1S/C16H21ClN6O7/c1-6(25)13(28)9(4-24)30-15(8(3)27,14(13,29)7(2)26)23-5-20-10-11(23)21-12(17)22-16(10,18)19/h9,24,28-29H,4-5,18-19H2,1-3H3/t9-,13-,14-,15-/m1/s1. The maximum atomic E-state index is 12.9. The summed E-state index contributed by atoms with van der Waals surface area (Å²) in [5, 5.41) is 32.0. The van der Waals surface area contributed by atoms with Crippen molar-refractivity contribution in [3.05, 3.63) is 0 Å². The average Bonchev–Trinajstić information content (AvgIpc) is 3.13. The van der Waals surface area contributed by atoms with Gasteiger partial charge in [-0.05, 0) is 32.4 Å². The first-order valence-electron chi connectivity index (χ1n) is 8.73. The minimum absolute atomic E-state index is 0.138. The fourth-order valence-electron chi connectivity index (χ4n) is 4.20. The third-order valence-corrected chi connectivity index (χ3v) is 5.75. The largest absolute Gasteiger partial charge is 0.394 e.